The van der Waals surface area contributed by atoms with E-state index in [9.17, 15) is 4.79 Å². The van der Waals surface area contributed by atoms with Gasteiger partial charge in [-0.3, -0.25) is 10.6 Å². The number of carbonyl (C=O) groups excluding carboxylic acids is 1. The molecule has 11 nitrogen and oxygen atoms in total. The summed E-state index contributed by atoms with van der Waals surface area (Å²) in [7, 11) is 0. The number of nitrogens with zero attached hydrogens (tertiary/aromatic N) is 4. The van der Waals surface area contributed by atoms with Crippen molar-refractivity contribution < 1.29 is 4.79 Å². The molecule has 0 aromatic carbocycles. The predicted octanol–water partition coefficient (Wildman–Crippen LogP) is -0.761. The second-order valence-corrected chi connectivity index (χ2v) is 3.65. The minimum Gasteiger partial charge on any atom is -0.383 e. The molecule has 0 bridgehead atoms. The van der Waals surface area contributed by atoms with Gasteiger partial charge >= 0.3 is 6.03 Å². The third-order valence-electron chi connectivity index (χ3n) is 2.01. The molecule has 0 radical (unpaired) electrons. The molecule has 0 aliphatic rings. The number of urea groups is 1. The fraction of sp³-hybridized carbons (Fsp3) is 0. The van der Waals surface area contributed by atoms with Crippen LogP contribution in [0, 0.1) is 0 Å². The number of aromatic nitrogens is 4. The Morgan fingerprint density at radius 3 is 1.55 bits per heavy atom. The number of rotatable bonds is 2. The van der Waals surface area contributed by atoms with Crippen LogP contribution in [-0.2, 0) is 0 Å². The Morgan fingerprint density at radius 2 is 1.20 bits per heavy atom. The lowest BCUT2D eigenvalue weighted by Gasteiger charge is -2.07. The summed E-state index contributed by atoms with van der Waals surface area (Å²) in [4.78, 5) is 26.6. The van der Waals surface area contributed by atoms with Crippen LogP contribution in [0.2, 0.25) is 0 Å². The van der Waals surface area contributed by atoms with E-state index in [2.05, 4.69) is 30.6 Å². The summed E-state index contributed by atoms with van der Waals surface area (Å²) in [6, 6.07) is 2.07. The standard InChI is InChI=1S/C9H12N10O/c10-3-1-5(16-7(12)14-3)18-9(20)19-6-2-4(11)15-8(13)17-6/h1-2H,(H10,10,11,12,13,14,15,16,17,18,19,20). The molecule has 0 aliphatic heterocycles. The lowest BCUT2D eigenvalue weighted by atomic mass is 10.5. The summed E-state index contributed by atoms with van der Waals surface area (Å²) in [6.07, 6.45) is 0. The van der Waals surface area contributed by atoms with Crippen LogP contribution in [0.4, 0.5) is 40.0 Å². The average molecular weight is 276 g/mol. The molecule has 0 fully saturated rings. The van der Waals surface area contributed by atoms with Gasteiger partial charge in [0.1, 0.15) is 23.3 Å². The van der Waals surface area contributed by atoms with Crippen molar-refractivity contribution in [3.05, 3.63) is 12.1 Å². The van der Waals surface area contributed by atoms with Crippen LogP contribution in [-0.4, -0.2) is 26.0 Å². The van der Waals surface area contributed by atoms with Crippen molar-refractivity contribution in [2.75, 3.05) is 33.6 Å². The second-order valence-electron chi connectivity index (χ2n) is 3.65. The zero-order valence-electron chi connectivity index (χ0n) is 10.2. The van der Waals surface area contributed by atoms with Crippen LogP contribution < -0.4 is 33.6 Å². The average Bonchev–Trinajstić information content (AvgIpc) is 2.24. The molecule has 11 heteroatoms. The van der Waals surface area contributed by atoms with E-state index in [1.807, 2.05) is 0 Å². The van der Waals surface area contributed by atoms with Crippen molar-refractivity contribution in [2.24, 2.45) is 0 Å². The first-order valence-corrected chi connectivity index (χ1v) is 5.30. The van der Waals surface area contributed by atoms with Gasteiger partial charge in [0, 0.05) is 12.1 Å². The molecule has 2 aromatic rings. The van der Waals surface area contributed by atoms with E-state index in [1.54, 1.807) is 0 Å². The summed E-state index contributed by atoms with van der Waals surface area (Å²) in [5, 5.41) is 4.82. The Hall–Kier alpha value is -3.37. The van der Waals surface area contributed by atoms with Crippen LogP contribution in [0.25, 0.3) is 0 Å². The van der Waals surface area contributed by atoms with Crippen molar-refractivity contribution in [2.45, 2.75) is 0 Å². The summed E-state index contributed by atoms with van der Waals surface area (Å²) < 4.78 is 0. The van der Waals surface area contributed by atoms with Crippen LogP contribution in [0.15, 0.2) is 12.1 Å². The Kier molecular flexibility index (Phi) is 3.33. The van der Waals surface area contributed by atoms with Crippen molar-refractivity contribution in [3.8, 4) is 0 Å². The van der Waals surface area contributed by atoms with Crippen molar-refractivity contribution in [1.29, 1.82) is 0 Å². The molecule has 0 unspecified atom stereocenters. The summed E-state index contributed by atoms with van der Waals surface area (Å²) in [5.74, 6) is 0.420. The number of amides is 2. The maximum Gasteiger partial charge on any atom is 0.326 e. The Balaban J connectivity index is 2.08. The Bertz CT molecular complexity index is 561. The highest BCUT2D eigenvalue weighted by Crippen LogP contribution is 2.12. The molecule has 0 saturated heterocycles. The minimum absolute atomic E-state index is 0.0594. The molecule has 20 heavy (non-hydrogen) atoms. The van der Waals surface area contributed by atoms with Gasteiger partial charge in [0.2, 0.25) is 11.9 Å². The first-order chi connectivity index (χ1) is 9.42. The van der Waals surface area contributed by atoms with Gasteiger partial charge in [0.25, 0.3) is 0 Å². The van der Waals surface area contributed by atoms with Crippen molar-refractivity contribution in [1.82, 2.24) is 19.9 Å². The van der Waals surface area contributed by atoms with E-state index in [4.69, 9.17) is 22.9 Å². The van der Waals surface area contributed by atoms with Gasteiger partial charge in [0.15, 0.2) is 0 Å². The van der Waals surface area contributed by atoms with Crippen molar-refractivity contribution >= 4 is 41.2 Å². The molecule has 2 aromatic heterocycles. The first kappa shape index (κ1) is 13.1. The SMILES string of the molecule is Nc1cc(NC(=O)Nc2cc(N)nc(N)n2)nc(N)n1. The first-order valence-electron chi connectivity index (χ1n) is 5.30. The fourth-order valence-electron chi connectivity index (χ4n) is 1.36. The minimum atomic E-state index is -0.625. The molecule has 104 valence electrons. The molecular formula is C9H12N10O. The number of anilines is 6. The normalized spacial score (nSPS) is 10.0. The van der Waals surface area contributed by atoms with Gasteiger partial charge in [-0.15, -0.1) is 0 Å². The lowest BCUT2D eigenvalue weighted by Crippen LogP contribution is -2.21. The molecule has 0 aliphatic carbocycles. The van der Waals surface area contributed by atoms with Gasteiger partial charge in [-0.1, -0.05) is 0 Å². The quantitative estimate of drug-likeness (QED) is 0.408. The molecule has 2 amide bonds. The zero-order valence-corrected chi connectivity index (χ0v) is 10.2. The maximum absolute atomic E-state index is 11.7. The number of nitrogen functional groups attached to an aromatic ring is 4. The number of hydrogen-bond donors (Lipinski definition) is 6. The van der Waals surface area contributed by atoms with Gasteiger partial charge in [-0.25, -0.2) is 4.79 Å². The molecule has 0 atom stereocenters. The molecular weight excluding hydrogens is 264 g/mol. The van der Waals surface area contributed by atoms with Crippen LogP contribution in [0.1, 0.15) is 0 Å². The monoisotopic (exact) mass is 276 g/mol. The highest BCUT2D eigenvalue weighted by Gasteiger charge is 2.08. The second kappa shape index (κ2) is 5.09. The molecule has 0 saturated carbocycles. The molecule has 10 N–H and O–H groups in total. The smallest absolute Gasteiger partial charge is 0.326 e. The van der Waals surface area contributed by atoms with E-state index in [0.29, 0.717) is 0 Å². The van der Waals surface area contributed by atoms with Gasteiger partial charge in [0.05, 0.1) is 0 Å². The Morgan fingerprint density at radius 1 is 0.800 bits per heavy atom. The van der Waals surface area contributed by atoms with E-state index in [1.165, 1.54) is 12.1 Å². The number of nitrogens with one attached hydrogen (secondary N) is 2. The van der Waals surface area contributed by atoms with Crippen LogP contribution in [0.3, 0.4) is 0 Å². The molecule has 0 spiro atoms. The maximum atomic E-state index is 11.7. The van der Waals surface area contributed by atoms with E-state index in [0.717, 1.165) is 0 Å². The summed E-state index contributed by atoms with van der Waals surface area (Å²) >= 11 is 0. The van der Waals surface area contributed by atoms with Gasteiger partial charge in [-0.05, 0) is 0 Å². The summed E-state index contributed by atoms with van der Waals surface area (Å²) in [5.41, 5.74) is 21.7. The molecule has 2 heterocycles. The molecule has 2 rings (SSSR count). The largest absolute Gasteiger partial charge is 0.383 e. The topological polar surface area (TPSA) is 197 Å². The van der Waals surface area contributed by atoms with E-state index < -0.39 is 6.03 Å². The van der Waals surface area contributed by atoms with Crippen LogP contribution >= 0.6 is 0 Å². The number of carbonyl (C=O) groups is 1. The fourth-order valence-corrected chi connectivity index (χ4v) is 1.36. The Labute approximate surface area is 112 Å². The van der Waals surface area contributed by atoms with Crippen LogP contribution in [0.5, 0.6) is 0 Å². The van der Waals surface area contributed by atoms with Gasteiger partial charge < -0.3 is 22.9 Å². The van der Waals surface area contributed by atoms with E-state index >= 15 is 0 Å². The third kappa shape index (κ3) is 3.32. The zero-order chi connectivity index (χ0) is 14.7. The van der Waals surface area contributed by atoms with E-state index in [-0.39, 0.29) is 35.2 Å². The third-order valence-corrected chi connectivity index (χ3v) is 2.01. The predicted molar refractivity (Wildman–Crippen MR) is 74.4 cm³/mol. The van der Waals surface area contributed by atoms with Gasteiger partial charge in [-0.2, -0.15) is 19.9 Å². The number of nitrogens with two attached hydrogens (primary N) is 4. The highest BCUT2D eigenvalue weighted by atomic mass is 16.2. The summed E-state index contributed by atoms with van der Waals surface area (Å²) in [6.45, 7) is 0. The lowest BCUT2D eigenvalue weighted by molar-refractivity contribution is 0.262. The highest BCUT2D eigenvalue weighted by molar-refractivity contribution is 5.99. The van der Waals surface area contributed by atoms with Crippen molar-refractivity contribution in [3.63, 3.8) is 0 Å². The number of hydrogen-bond acceptors (Lipinski definition) is 9.